The molecule has 4 heteroatoms. The Morgan fingerprint density at radius 1 is 1.25 bits per heavy atom. The van der Waals surface area contributed by atoms with Crippen LogP contribution in [0.25, 0.3) is 0 Å². The fourth-order valence-electron chi connectivity index (χ4n) is 2.69. The monoisotopic (exact) mass is 231 g/mol. The van der Waals surface area contributed by atoms with Gasteiger partial charge < -0.3 is 10.0 Å². The van der Waals surface area contributed by atoms with Crippen molar-refractivity contribution in [3.05, 3.63) is 11.7 Å². The summed E-state index contributed by atoms with van der Waals surface area (Å²) < 4.78 is 24.7. The van der Waals surface area contributed by atoms with Crippen molar-refractivity contribution in [3.8, 4) is 0 Å². The summed E-state index contributed by atoms with van der Waals surface area (Å²) in [7, 11) is 0. The first-order valence-electron chi connectivity index (χ1n) is 6.01. The van der Waals surface area contributed by atoms with E-state index in [0.717, 1.165) is 19.4 Å². The van der Waals surface area contributed by atoms with Crippen molar-refractivity contribution in [1.29, 1.82) is 0 Å². The van der Waals surface area contributed by atoms with Gasteiger partial charge in [-0.15, -0.1) is 0 Å². The molecule has 0 atom stereocenters. The first-order valence-corrected chi connectivity index (χ1v) is 6.01. The quantitative estimate of drug-likeness (QED) is 0.806. The summed E-state index contributed by atoms with van der Waals surface area (Å²) in [5.41, 5.74) is 0.401. The second-order valence-electron chi connectivity index (χ2n) is 5.15. The van der Waals surface area contributed by atoms with Gasteiger partial charge in [-0.25, -0.2) is 0 Å². The Kier molecular flexibility index (Phi) is 3.60. The van der Waals surface area contributed by atoms with E-state index in [1.54, 1.807) is 0 Å². The predicted octanol–water partition coefficient (Wildman–Crippen LogP) is 2.40. The molecule has 0 aromatic rings. The minimum atomic E-state index is -1.49. The summed E-state index contributed by atoms with van der Waals surface area (Å²) in [5, 5.41) is 9.35. The van der Waals surface area contributed by atoms with E-state index in [9.17, 15) is 13.9 Å². The third-order valence-electron chi connectivity index (χ3n) is 4.04. The first-order chi connectivity index (χ1) is 7.65. The number of nitrogens with zero attached hydrogens (tertiary/aromatic N) is 1. The second kappa shape index (κ2) is 4.80. The third kappa shape index (κ3) is 2.43. The van der Waals surface area contributed by atoms with Gasteiger partial charge in [-0.1, -0.05) is 6.42 Å². The molecular weight excluding hydrogens is 212 g/mol. The highest BCUT2D eigenvalue weighted by Gasteiger charge is 2.38. The number of aliphatic hydroxyl groups excluding tert-OH is 1. The number of aliphatic hydroxyl groups is 1. The van der Waals surface area contributed by atoms with Crippen LogP contribution in [0.15, 0.2) is 11.7 Å². The zero-order valence-electron chi connectivity index (χ0n) is 9.51. The normalized spacial score (nSPS) is 25.3. The molecule has 0 bridgehead atoms. The van der Waals surface area contributed by atoms with Gasteiger partial charge >= 0.3 is 0 Å². The fraction of sp³-hybridized carbons (Fsp3) is 0.833. The smallest absolute Gasteiger partial charge is 0.269 e. The van der Waals surface area contributed by atoms with Crippen molar-refractivity contribution in [2.45, 2.75) is 32.1 Å². The molecule has 16 heavy (non-hydrogen) atoms. The van der Waals surface area contributed by atoms with E-state index in [2.05, 4.69) is 4.90 Å². The number of rotatable bonds is 3. The van der Waals surface area contributed by atoms with Crippen LogP contribution in [0.2, 0.25) is 0 Å². The lowest BCUT2D eigenvalue weighted by molar-refractivity contribution is 0.00552. The SMILES string of the molecule is OCC1(CN2CCC(=C(F)F)CC2)CCC1. The van der Waals surface area contributed by atoms with Crippen molar-refractivity contribution >= 4 is 0 Å². The average Bonchev–Trinajstić information content (AvgIpc) is 2.24. The zero-order chi connectivity index (χ0) is 11.6. The van der Waals surface area contributed by atoms with Crippen LogP contribution < -0.4 is 0 Å². The van der Waals surface area contributed by atoms with E-state index < -0.39 is 6.08 Å². The summed E-state index contributed by atoms with van der Waals surface area (Å²) in [6, 6.07) is 0. The maximum absolute atomic E-state index is 12.4. The van der Waals surface area contributed by atoms with E-state index in [-0.39, 0.29) is 12.0 Å². The topological polar surface area (TPSA) is 23.5 Å². The Balaban J connectivity index is 1.83. The summed E-state index contributed by atoms with van der Waals surface area (Å²) in [6.07, 6.45) is 2.85. The molecule has 0 spiro atoms. The molecule has 1 saturated carbocycles. The van der Waals surface area contributed by atoms with Crippen molar-refractivity contribution in [2.75, 3.05) is 26.2 Å². The number of likely N-dealkylation sites (tertiary alicyclic amines) is 1. The van der Waals surface area contributed by atoms with Gasteiger partial charge in [-0.05, 0) is 31.3 Å². The minimum Gasteiger partial charge on any atom is -0.396 e. The number of halogens is 2. The predicted molar refractivity (Wildman–Crippen MR) is 58.3 cm³/mol. The highest BCUT2D eigenvalue weighted by atomic mass is 19.3. The fourth-order valence-corrected chi connectivity index (χ4v) is 2.69. The lowest BCUT2D eigenvalue weighted by Crippen LogP contribution is -2.46. The number of piperidine rings is 1. The van der Waals surface area contributed by atoms with Gasteiger partial charge in [0.2, 0.25) is 0 Å². The van der Waals surface area contributed by atoms with Gasteiger partial charge in [0.05, 0.1) is 0 Å². The second-order valence-corrected chi connectivity index (χ2v) is 5.15. The third-order valence-corrected chi connectivity index (χ3v) is 4.04. The lowest BCUT2D eigenvalue weighted by Gasteiger charge is -2.44. The number of hydrogen-bond donors (Lipinski definition) is 1. The summed E-state index contributed by atoms with van der Waals surface area (Å²) in [6.45, 7) is 2.55. The van der Waals surface area contributed by atoms with E-state index in [1.807, 2.05) is 0 Å². The number of hydrogen-bond acceptors (Lipinski definition) is 2. The first kappa shape index (κ1) is 12.0. The molecule has 1 saturated heterocycles. The van der Waals surface area contributed by atoms with E-state index in [1.165, 1.54) is 6.42 Å². The van der Waals surface area contributed by atoms with Gasteiger partial charge in [0.15, 0.2) is 0 Å². The summed E-state index contributed by atoms with van der Waals surface area (Å²) in [4.78, 5) is 2.22. The Labute approximate surface area is 94.9 Å². The molecule has 0 radical (unpaired) electrons. The van der Waals surface area contributed by atoms with E-state index in [0.29, 0.717) is 31.5 Å². The van der Waals surface area contributed by atoms with E-state index >= 15 is 0 Å². The lowest BCUT2D eigenvalue weighted by atomic mass is 9.69. The molecule has 1 N–H and O–H groups in total. The highest BCUT2D eigenvalue weighted by molar-refractivity contribution is 5.06. The molecule has 1 heterocycles. The zero-order valence-corrected chi connectivity index (χ0v) is 9.51. The molecule has 0 aromatic carbocycles. The highest BCUT2D eigenvalue weighted by Crippen LogP contribution is 2.41. The van der Waals surface area contributed by atoms with E-state index in [4.69, 9.17) is 0 Å². The molecule has 2 fully saturated rings. The van der Waals surface area contributed by atoms with Crippen LogP contribution in [0.5, 0.6) is 0 Å². The molecule has 1 aliphatic carbocycles. The molecule has 92 valence electrons. The Morgan fingerprint density at radius 3 is 2.25 bits per heavy atom. The van der Waals surface area contributed by atoms with Gasteiger partial charge in [-0.3, -0.25) is 0 Å². The van der Waals surface area contributed by atoms with Gasteiger partial charge in [0.1, 0.15) is 0 Å². The van der Waals surface area contributed by atoms with Crippen LogP contribution in [0.4, 0.5) is 8.78 Å². The van der Waals surface area contributed by atoms with Crippen molar-refractivity contribution in [2.24, 2.45) is 5.41 Å². The molecule has 2 rings (SSSR count). The Hall–Kier alpha value is -0.480. The molecule has 0 unspecified atom stereocenters. The van der Waals surface area contributed by atoms with Gasteiger partial charge in [0, 0.05) is 31.7 Å². The van der Waals surface area contributed by atoms with Crippen LogP contribution in [-0.2, 0) is 0 Å². The van der Waals surface area contributed by atoms with Crippen LogP contribution in [0.1, 0.15) is 32.1 Å². The minimum absolute atomic E-state index is 0.0788. The molecule has 1 aliphatic heterocycles. The summed E-state index contributed by atoms with van der Waals surface area (Å²) in [5.74, 6) is 0. The standard InChI is InChI=1S/C12H19F2NO/c13-11(14)10-2-6-15(7-3-10)8-12(9-16)4-1-5-12/h16H,1-9H2. The average molecular weight is 231 g/mol. The maximum Gasteiger partial charge on any atom is 0.269 e. The summed E-state index contributed by atoms with van der Waals surface area (Å²) >= 11 is 0. The largest absolute Gasteiger partial charge is 0.396 e. The Bertz CT molecular complexity index is 267. The molecule has 0 aromatic heterocycles. The van der Waals surface area contributed by atoms with Crippen LogP contribution in [0.3, 0.4) is 0 Å². The van der Waals surface area contributed by atoms with Gasteiger partial charge in [-0.2, -0.15) is 8.78 Å². The molecule has 2 aliphatic rings. The van der Waals surface area contributed by atoms with Gasteiger partial charge in [0.25, 0.3) is 6.08 Å². The van der Waals surface area contributed by atoms with Crippen LogP contribution in [-0.4, -0.2) is 36.2 Å². The van der Waals surface area contributed by atoms with Crippen molar-refractivity contribution in [1.82, 2.24) is 4.90 Å². The van der Waals surface area contributed by atoms with Crippen LogP contribution >= 0.6 is 0 Å². The Morgan fingerprint density at radius 2 is 1.88 bits per heavy atom. The molecule has 2 nitrogen and oxygen atoms in total. The maximum atomic E-state index is 12.4. The van der Waals surface area contributed by atoms with Crippen molar-refractivity contribution < 1.29 is 13.9 Å². The van der Waals surface area contributed by atoms with Crippen molar-refractivity contribution in [3.63, 3.8) is 0 Å². The molecule has 0 amide bonds. The van der Waals surface area contributed by atoms with Crippen LogP contribution in [0, 0.1) is 5.41 Å². The molecular formula is C12H19F2NO.